The molecule has 0 aromatic carbocycles. The maximum atomic E-state index is 12.7. The Labute approximate surface area is 117 Å². The molecule has 1 aromatic heterocycles. The number of pyridine rings is 1. The van der Waals surface area contributed by atoms with E-state index in [-0.39, 0.29) is 11.0 Å². The van der Waals surface area contributed by atoms with Gasteiger partial charge in [0, 0.05) is 17.1 Å². The zero-order valence-corrected chi connectivity index (χ0v) is 11.0. The minimum atomic E-state index is -5.19. The number of alkyl halides is 7. The molecule has 0 radical (unpaired) electrons. The molecule has 0 aliphatic carbocycles. The summed E-state index contributed by atoms with van der Waals surface area (Å²) >= 11 is 2.80. The highest BCUT2D eigenvalue weighted by Gasteiger charge is 2.39. The van der Waals surface area contributed by atoms with E-state index < -0.39 is 35.8 Å². The van der Waals surface area contributed by atoms with Crippen LogP contribution in [-0.4, -0.2) is 11.3 Å². The normalized spacial score (nSPS) is 12.1. The van der Waals surface area contributed by atoms with Gasteiger partial charge in [-0.3, -0.25) is 4.98 Å². The molecule has 110 valence electrons. The van der Waals surface area contributed by atoms with Gasteiger partial charge in [0.25, 0.3) is 0 Å². The summed E-state index contributed by atoms with van der Waals surface area (Å²) in [6.45, 7) is 0. The van der Waals surface area contributed by atoms with Crippen molar-refractivity contribution in [1.82, 2.24) is 4.98 Å². The van der Waals surface area contributed by atoms with Crippen LogP contribution in [0.1, 0.15) is 16.8 Å². The Morgan fingerprint density at radius 3 is 2.25 bits per heavy atom. The molecule has 0 spiro atoms. The third-order valence-electron chi connectivity index (χ3n) is 2.12. The van der Waals surface area contributed by atoms with Crippen LogP contribution < -0.4 is 4.74 Å². The van der Waals surface area contributed by atoms with Gasteiger partial charge in [0.1, 0.15) is 0 Å². The topological polar surface area (TPSA) is 45.9 Å². The van der Waals surface area contributed by atoms with Crippen LogP contribution in [0, 0.1) is 11.3 Å². The summed E-state index contributed by atoms with van der Waals surface area (Å²) in [5.41, 5.74) is -2.69. The second kappa shape index (κ2) is 5.87. The molecular weight excluding hydrogens is 358 g/mol. The van der Waals surface area contributed by atoms with Gasteiger partial charge in [-0.1, -0.05) is 15.9 Å². The molecule has 0 bridgehead atoms. The lowest BCUT2D eigenvalue weighted by molar-refractivity contribution is -0.275. The van der Waals surface area contributed by atoms with Gasteiger partial charge in [-0.05, 0) is 0 Å². The molecule has 0 N–H and O–H groups in total. The van der Waals surface area contributed by atoms with Crippen LogP contribution in [0.4, 0.5) is 26.3 Å². The molecule has 0 fully saturated rings. The van der Waals surface area contributed by atoms with E-state index in [1.165, 1.54) is 6.07 Å². The molecule has 0 aliphatic heterocycles. The smallest absolute Gasteiger partial charge is 0.403 e. The number of nitrogens with zero attached hydrogens (tertiary/aromatic N) is 2. The van der Waals surface area contributed by atoms with E-state index in [0.717, 1.165) is 0 Å². The minimum Gasteiger partial charge on any atom is -0.403 e. The Kier molecular flexibility index (Phi) is 4.86. The zero-order chi connectivity index (χ0) is 15.6. The number of rotatable bonds is 3. The molecule has 1 heterocycles. The van der Waals surface area contributed by atoms with Crippen molar-refractivity contribution in [3.8, 4) is 11.8 Å². The summed E-state index contributed by atoms with van der Waals surface area (Å²) in [7, 11) is 0. The van der Waals surface area contributed by atoms with Crippen LogP contribution in [-0.2, 0) is 17.9 Å². The number of hydrogen-bond donors (Lipinski definition) is 0. The van der Waals surface area contributed by atoms with Gasteiger partial charge in [-0.15, -0.1) is 13.2 Å². The number of hydrogen-bond acceptors (Lipinski definition) is 3. The van der Waals surface area contributed by atoms with Crippen molar-refractivity contribution in [2.24, 2.45) is 0 Å². The molecule has 3 nitrogen and oxygen atoms in total. The minimum absolute atomic E-state index is 0.255. The van der Waals surface area contributed by atoms with Crippen LogP contribution in [0.2, 0.25) is 0 Å². The van der Waals surface area contributed by atoms with Crippen molar-refractivity contribution in [2.75, 3.05) is 0 Å². The highest BCUT2D eigenvalue weighted by Crippen LogP contribution is 2.39. The van der Waals surface area contributed by atoms with E-state index in [4.69, 9.17) is 5.26 Å². The number of aromatic nitrogens is 1. The van der Waals surface area contributed by atoms with Gasteiger partial charge in [0.2, 0.25) is 0 Å². The first-order chi connectivity index (χ1) is 9.10. The number of ether oxygens (including phenoxy) is 1. The first-order valence-electron chi connectivity index (χ1n) is 4.86. The maximum Gasteiger partial charge on any atom is 0.573 e. The van der Waals surface area contributed by atoms with E-state index in [9.17, 15) is 26.3 Å². The van der Waals surface area contributed by atoms with Gasteiger partial charge in [-0.2, -0.15) is 18.4 Å². The first kappa shape index (κ1) is 16.6. The van der Waals surface area contributed by atoms with E-state index in [0.29, 0.717) is 6.20 Å². The first-order valence-corrected chi connectivity index (χ1v) is 5.99. The summed E-state index contributed by atoms with van der Waals surface area (Å²) in [6, 6.07) is 1.38. The van der Waals surface area contributed by atoms with Gasteiger partial charge >= 0.3 is 12.5 Å². The highest BCUT2D eigenvalue weighted by molar-refractivity contribution is 9.08. The molecule has 0 saturated carbocycles. The van der Waals surface area contributed by atoms with Crippen molar-refractivity contribution in [2.45, 2.75) is 24.3 Å². The lowest BCUT2D eigenvalue weighted by atomic mass is 10.0. The third kappa shape index (κ3) is 4.00. The lowest BCUT2D eigenvalue weighted by Crippen LogP contribution is -2.21. The molecule has 0 unspecified atom stereocenters. The Hall–Kier alpha value is -1.50. The maximum absolute atomic E-state index is 12.7. The van der Waals surface area contributed by atoms with Gasteiger partial charge in [0.05, 0.1) is 23.7 Å². The predicted octanol–water partition coefficient (Wildman–Crippen LogP) is 3.96. The summed E-state index contributed by atoms with van der Waals surface area (Å²) in [4.78, 5) is 3.29. The molecule has 0 amide bonds. The Balaban J connectivity index is 3.54. The second-order valence-electron chi connectivity index (χ2n) is 3.44. The van der Waals surface area contributed by atoms with Crippen LogP contribution in [0.3, 0.4) is 0 Å². The monoisotopic (exact) mass is 362 g/mol. The summed E-state index contributed by atoms with van der Waals surface area (Å²) in [5, 5.41) is 8.25. The molecule has 1 rings (SSSR count). The van der Waals surface area contributed by atoms with Crippen molar-refractivity contribution in [3.05, 3.63) is 23.0 Å². The summed E-state index contributed by atoms with van der Waals surface area (Å²) in [6.07, 6.45) is -10.6. The molecule has 10 heteroatoms. The predicted molar refractivity (Wildman–Crippen MR) is 57.9 cm³/mol. The fraction of sp³-hybridized carbons (Fsp3) is 0.400. The highest BCUT2D eigenvalue weighted by atomic mass is 79.9. The summed E-state index contributed by atoms with van der Waals surface area (Å²) in [5.74, 6) is -1.09. The average molecular weight is 363 g/mol. The Bertz CT molecular complexity index is 534. The average Bonchev–Trinajstić information content (AvgIpc) is 2.28. The molecule has 0 atom stereocenters. The molecule has 1 aromatic rings. The van der Waals surface area contributed by atoms with E-state index in [2.05, 4.69) is 25.7 Å². The van der Waals surface area contributed by atoms with Crippen LogP contribution >= 0.6 is 15.9 Å². The fourth-order valence-electron chi connectivity index (χ4n) is 1.41. The van der Waals surface area contributed by atoms with Gasteiger partial charge < -0.3 is 4.74 Å². The molecule has 0 aliphatic rings. The SMILES string of the molecule is N#CCc1c(C(F)(F)F)cnc(CBr)c1OC(F)(F)F. The number of halogens is 7. The lowest BCUT2D eigenvalue weighted by Gasteiger charge is -2.18. The van der Waals surface area contributed by atoms with E-state index in [1.54, 1.807) is 0 Å². The third-order valence-corrected chi connectivity index (χ3v) is 2.65. The van der Waals surface area contributed by atoms with Crippen LogP contribution in [0.25, 0.3) is 0 Å². The Morgan fingerprint density at radius 1 is 1.25 bits per heavy atom. The van der Waals surface area contributed by atoms with Gasteiger partial charge in [-0.25, -0.2) is 0 Å². The van der Waals surface area contributed by atoms with E-state index >= 15 is 0 Å². The molecule has 0 saturated heterocycles. The van der Waals surface area contributed by atoms with Gasteiger partial charge in [0.15, 0.2) is 5.75 Å². The van der Waals surface area contributed by atoms with E-state index in [1.807, 2.05) is 0 Å². The zero-order valence-electron chi connectivity index (χ0n) is 9.44. The van der Waals surface area contributed by atoms with Crippen molar-refractivity contribution in [1.29, 1.82) is 5.26 Å². The largest absolute Gasteiger partial charge is 0.573 e. The molecule has 20 heavy (non-hydrogen) atoms. The standard InChI is InChI=1S/C10H5BrF6N2O/c11-3-7-8(20-10(15,16)17)5(1-2-18)6(4-19-7)9(12,13)14/h4H,1,3H2. The Morgan fingerprint density at radius 2 is 1.85 bits per heavy atom. The van der Waals surface area contributed by atoms with Crippen molar-refractivity contribution in [3.63, 3.8) is 0 Å². The second-order valence-corrected chi connectivity index (χ2v) is 4.00. The molecular formula is C10H5BrF6N2O. The quantitative estimate of drug-likeness (QED) is 0.603. The summed E-state index contributed by atoms with van der Waals surface area (Å²) < 4.78 is 78.6. The van der Waals surface area contributed by atoms with Crippen LogP contribution in [0.5, 0.6) is 5.75 Å². The van der Waals surface area contributed by atoms with Crippen molar-refractivity contribution < 1.29 is 31.1 Å². The van der Waals surface area contributed by atoms with Crippen LogP contribution in [0.15, 0.2) is 6.20 Å². The fourth-order valence-corrected chi connectivity index (χ4v) is 1.81. The van der Waals surface area contributed by atoms with Crippen molar-refractivity contribution >= 4 is 15.9 Å². The number of nitriles is 1.